The van der Waals surface area contributed by atoms with Crippen LogP contribution in [0, 0.1) is 0 Å². The van der Waals surface area contributed by atoms with E-state index >= 15 is 0 Å². The molecule has 3 aromatic heterocycles. The first-order valence-corrected chi connectivity index (χ1v) is 8.04. The second-order valence-electron chi connectivity index (χ2n) is 4.65. The molecule has 128 valence electrons. The van der Waals surface area contributed by atoms with Crippen LogP contribution in [0.25, 0.3) is 22.8 Å². The first-order valence-electron chi connectivity index (χ1n) is 6.67. The van der Waals surface area contributed by atoms with E-state index in [0.717, 1.165) is 0 Å². The molecule has 12 heteroatoms. The number of rotatable bonds is 4. The Kier molecular flexibility index (Phi) is 4.12. The number of nitrogens with two attached hydrogens (primary N) is 2. The Morgan fingerprint density at radius 2 is 1.40 bits per heavy atom. The molecule has 25 heavy (non-hydrogen) atoms. The number of pyridine rings is 1. The lowest BCUT2D eigenvalue weighted by molar-refractivity contribution is 0.387. The molecule has 0 bridgehead atoms. The predicted molar refractivity (Wildman–Crippen MR) is 87.3 cm³/mol. The van der Waals surface area contributed by atoms with Gasteiger partial charge < -0.3 is 15.7 Å². The lowest BCUT2D eigenvalue weighted by Gasteiger charge is -2.10. The minimum Gasteiger partial charge on any atom is -0.368 e. The van der Waals surface area contributed by atoms with Gasteiger partial charge in [-0.25, -0.2) is 24.9 Å². The molecule has 3 heterocycles. The van der Waals surface area contributed by atoms with Crippen molar-refractivity contribution in [2.24, 2.45) is 0 Å². The molecule has 0 atom stereocenters. The average Bonchev–Trinajstić information content (AvgIpc) is 2.54. The molecule has 0 aromatic carbocycles. The fourth-order valence-electron chi connectivity index (χ4n) is 1.98. The normalized spacial score (nSPS) is 11.2. The standard InChI is InChI=1S/C13H11N7O4S/c14-12-16-5-3-8(19-12)7-1-2-10(24-25(21,22)23)11(18-7)9-4-6-17-13(15)20-9/h1-6H,(H2,14,16,19)(H2,15,17,20)(H,21,22,23). The molecule has 0 unspecified atom stereocenters. The fraction of sp³-hybridized carbons (Fsp3) is 0. The second kappa shape index (κ2) is 6.26. The Bertz CT molecular complexity index is 1040. The quantitative estimate of drug-likeness (QED) is 0.545. The van der Waals surface area contributed by atoms with E-state index in [1.54, 1.807) is 6.07 Å². The zero-order chi connectivity index (χ0) is 18.0. The molecule has 0 aliphatic rings. The highest BCUT2D eigenvalue weighted by Gasteiger charge is 2.18. The van der Waals surface area contributed by atoms with Crippen molar-refractivity contribution in [1.82, 2.24) is 24.9 Å². The van der Waals surface area contributed by atoms with Crippen LogP contribution in [0.3, 0.4) is 0 Å². The number of anilines is 2. The molecule has 11 nitrogen and oxygen atoms in total. The van der Waals surface area contributed by atoms with Gasteiger partial charge in [-0.15, -0.1) is 0 Å². The van der Waals surface area contributed by atoms with Crippen LogP contribution in [-0.4, -0.2) is 37.9 Å². The highest BCUT2D eigenvalue weighted by molar-refractivity contribution is 7.81. The maximum absolute atomic E-state index is 11.1. The summed E-state index contributed by atoms with van der Waals surface area (Å²) in [6.45, 7) is 0. The molecule has 0 spiro atoms. The minimum atomic E-state index is -4.76. The Hall–Kier alpha value is -3.38. The summed E-state index contributed by atoms with van der Waals surface area (Å²) in [5.41, 5.74) is 12.1. The van der Waals surface area contributed by atoms with Gasteiger partial charge in [0.05, 0.1) is 17.1 Å². The van der Waals surface area contributed by atoms with Gasteiger partial charge in [-0.3, -0.25) is 4.55 Å². The SMILES string of the molecule is Nc1nccc(-c2ccc(OS(=O)(=O)O)c(-c3ccnc(N)n3)n2)n1. The Morgan fingerprint density at radius 1 is 0.840 bits per heavy atom. The van der Waals surface area contributed by atoms with Gasteiger partial charge in [-0.1, -0.05) is 0 Å². The Balaban J connectivity index is 2.18. The molecule has 0 radical (unpaired) electrons. The van der Waals surface area contributed by atoms with Gasteiger partial charge >= 0.3 is 10.4 Å². The van der Waals surface area contributed by atoms with Crippen LogP contribution in [0.1, 0.15) is 0 Å². The van der Waals surface area contributed by atoms with E-state index in [1.165, 1.54) is 30.6 Å². The summed E-state index contributed by atoms with van der Waals surface area (Å²) in [5, 5.41) is 0. The first-order chi connectivity index (χ1) is 11.8. The number of hydrogen-bond acceptors (Lipinski definition) is 10. The van der Waals surface area contributed by atoms with Crippen LogP contribution in [-0.2, 0) is 10.4 Å². The maximum Gasteiger partial charge on any atom is 0.446 e. The van der Waals surface area contributed by atoms with Gasteiger partial charge in [0.1, 0.15) is 5.69 Å². The summed E-state index contributed by atoms with van der Waals surface area (Å²) in [7, 11) is -4.76. The topological polar surface area (TPSA) is 180 Å². The highest BCUT2D eigenvalue weighted by atomic mass is 32.3. The zero-order valence-corrected chi connectivity index (χ0v) is 13.3. The van der Waals surface area contributed by atoms with Crippen molar-refractivity contribution in [3.05, 3.63) is 36.7 Å². The van der Waals surface area contributed by atoms with E-state index in [0.29, 0.717) is 11.4 Å². The number of aromatic nitrogens is 5. The molecule has 3 rings (SSSR count). The molecule has 0 saturated carbocycles. The van der Waals surface area contributed by atoms with E-state index in [-0.39, 0.29) is 29.0 Å². The van der Waals surface area contributed by atoms with E-state index in [9.17, 15) is 8.42 Å². The lowest BCUT2D eigenvalue weighted by Crippen LogP contribution is -2.09. The average molecular weight is 361 g/mol. The van der Waals surface area contributed by atoms with Crippen LogP contribution in [0.2, 0.25) is 0 Å². The Morgan fingerprint density at radius 3 is 2.00 bits per heavy atom. The molecule has 3 aromatic rings. The van der Waals surface area contributed by atoms with Gasteiger partial charge in [0.25, 0.3) is 0 Å². The third-order valence-corrected chi connectivity index (χ3v) is 3.30. The predicted octanol–water partition coefficient (Wildman–Crippen LogP) is 0.342. The van der Waals surface area contributed by atoms with Crippen molar-refractivity contribution in [1.29, 1.82) is 0 Å². The second-order valence-corrected chi connectivity index (χ2v) is 5.68. The number of hydrogen-bond donors (Lipinski definition) is 3. The summed E-state index contributed by atoms with van der Waals surface area (Å²) < 4.78 is 35.6. The van der Waals surface area contributed by atoms with Crippen molar-refractivity contribution >= 4 is 22.3 Å². The highest BCUT2D eigenvalue weighted by Crippen LogP contribution is 2.30. The van der Waals surface area contributed by atoms with Gasteiger partial charge in [0.15, 0.2) is 5.75 Å². The molecule has 5 N–H and O–H groups in total. The Labute approximate surface area is 141 Å². The molecular formula is C13H11N7O4S. The van der Waals surface area contributed by atoms with Crippen LogP contribution in [0.15, 0.2) is 36.7 Å². The molecule has 0 amide bonds. The molecular weight excluding hydrogens is 350 g/mol. The summed E-state index contributed by atoms with van der Waals surface area (Å²) in [6, 6.07) is 5.76. The van der Waals surface area contributed by atoms with E-state index in [4.69, 9.17) is 16.0 Å². The van der Waals surface area contributed by atoms with Crippen LogP contribution in [0.4, 0.5) is 11.9 Å². The third kappa shape index (κ3) is 3.94. The van der Waals surface area contributed by atoms with Gasteiger partial charge in [0, 0.05) is 12.4 Å². The van der Waals surface area contributed by atoms with E-state index in [2.05, 4.69) is 29.1 Å². The van der Waals surface area contributed by atoms with Gasteiger partial charge in [0.2, 0.25) is 11.9 Å². The van der Waals surface area contributed by atoms with Gasteiger partial charge in [-0.2, -0.15) is 8.42 Å². The molecule has 0 aliphatic heterocycles. The smallest absolute Gasteiger partial charge is 0.368 e. The van der Waals surface area contributed by atoms with Crippen molar-refractivity contribution in [3.63, 3.8) is 0 Å². The van der Waals surface area contributed by atoms with Crippen molar-refractivity contribution in [3.8, 4) is 28.5 Å². The molecule has 0 saturated heterocycles. The number of nitrogens with zero attached hydrogens (tertiary/aromatic N) is 5. The lowest BCUT2D eigenvalue weighted by atomic mass is 10.2. The van der Waals surface area contributed by atoms with Crippen LogP contribution >= 0.6 is 0 Å². The molecule has 0 aliphatic carbocycles. The fourth-order valence-corrected chi connectivity index (χ4v) is 2.34. The summed E-state index contributed by atoms with van der Waals surface area (Å²) in [4.78, 5) is 19.8. The van der Waals surface area contributed by atoms with Crippen molar-refractivity contribution in [2.75, 3.05) is 11.5 Å². The van der Waals surface area contributed by atoms with Crippen molar-refractivity contribution in [2.45, 2.75) is 0 Å². The summed E-state index contributed by atoms with van der Waals surface area (Å²) in [5.74, 6) is -0.245. The third-order valence-electron chi connectivity index (χ3n) is 2.91. The number of nitrogen functional groups attached to an aromatic ring is 2. The van der Waals surface area contributed by atoms with Crippen LogP contribution < -0.4 is 15.7 Å². The van der Waals surface area contributed by atoms with Crippen LogP contribution in [0.5, 0.6) is 5.75 Å². The largest absolute Gasteiger partial charge is 0.446 e. The zero-order valence-electron chi connectivity index (χ0n) is 12.4. The summed E-state index contributed by atoms with van der Waals surface area (Å²) >= 11 is 0. The van der Waals surface area contributed by atoms with Crippen molar-refractivity contribution < 1.29 is 17.2 Å². The monoisotopic (exact) mass is 361 g/mol. The maximum atomic E-state index is 11.1. The summed E-state index contributed by atoms with van der Waals surface area (Å²) in [6.07, 6.45) is 2.82. The minimum absolute atomic E-state index is 0.0152. The van der Waals surface area contributed by atoms with E-state index < -0.39 is 10.4 Å². The van der Waals surface area contributed by atoms with E-state index in [1.807, 2.05) is 0 Å². The van der Waals surface area contributed by atoms with Gasteiger partial charge in [-0.05, 0) is 24.3 Å². The first kappa shape index (κ1) is 16.5. The molecule has 0 fully saturated rings.